The summed E-state index contributed by atoms with van der Waals surface area (Å²) < 4.78 is 0. The first-order valence-electron chi connectivity index (χ1n) is 5.35. The van der Waals surface area contributed by atoms with Crippen molar-refractivity contribution in [3.8, 4) is 0 Å². The van der Waals surface area contributed by atoms with E-state index in [9.17, 15) is 0 Å². The molecule has 0 saturated carbocycles. The average Bonchev–Trinajstić information content (AvgIpc) is 2.43. The van der Waals surface area contributed by atoms with Crippen LogP contribution in [0.5, 0.6) is 0 Å². The molecule has 2 aliphatic carbocycles. The van der Waals surface area contributed by atoms with E-state index in [-0.39, 0.29) is 0 Å². The van der Waals surface area contributed by atoms with E-state index in [1.165, 1.54) is 30.3 Å². The highest BCUT2D eigenvalue weighted by atomic mass is 14.8. The molecule has 0 saturated heterocycles. The zero-order valence-corrected chi connectivity index (χ0v) is 9.13. The summed E-state index contributed by atoms with van der Waals surface area (Å²) in [5.41, 5.74) is 3.83. The van der Waals surface area contributed by atoms with E-state index in [1.54, 1.807) is 18.3 Å². The molecule has 1 heterocycles. The summed E-state index contributed by atoms with van der Waals surface area (Å²) in [4.78, 5) is 7.60. The van der Waals surface area contributed by atoms with Gasteiger partial charge in [0.05, 0.1) is 5.69 Å². The van der Waals surface area contributed by atoms with Gasteiger partial charge in [0.1, 0.15) is 6.33 Å². The Balaban J connectivity index is 0.000000120. The Hall–Kier alpha value is -1.96. The summed E-state index contributed by atoms with van der Waals surface area (Å²) in [6, 6.07) is 10.6. The highest BCUT2D eigenvalue weighted by molar-refractivity contribution is 5.39. The molecule has 0 amide bonds. The molecule has 1 aromatic carbocycles. The first kappa shape index (κ1) is 10.6. The fraction of sp³-hybridized carbons (Fsp3) is 0.143. The molecule has 2 nitrogen and oxygen atoms in total. The second-order valence-electron chi connectivity index (χ2n) is 3.65. The Bertz CT molecular complexity index is 423. The predicted molar refractivity (Wildman–Crippen MR) is 66.0 cm³/mol. The summed E-state index contributed by atoms with van der Waals surface area (Å²) in [5.74, 6) is 0. The monoisotopic (exact) mass is 210 g/mol. The van der Waals surface area contributed by atoms with Crippen molar-refractivity contribution < 1.29 is 0 Å². The molecule has 0 atom stereocenters. The number of benzene rings is 1. The Kier molecular flexibility index (Phi) is 3.44. The van der Waals surface area contributed by atoms with Crippen LogP contribution >= 0.6 is 0 Å². The first-order valence-corrected chi connectivity index (χ1v) is 5.35. The van der Waals surface area contributed by atoms with Gasteiger partial charge in [0.25, 0.3) is 0 Å². The Morgan fingerprint density at radius 3 is 1.88 bits per heavy atom. The predicted octanol–water partition coefficient (Wildman–Crippen LogP) is 2.90. The molecular weight excluding hydrogens is 196 g/mol. The van der Waals surface area contributed by atoms with Crippen LogP contribution in [0.3, 0.4) is 0 Å². The molecule has 2 aromatic rings. The van der Waals surface area contributed by atoms with Crippen molar-refractivity contribution in [3.05, 3.63) is 66.3 Å². The van der Waals surface area contributed by atoms with Crippen LogP contribution in [-0.4, -0.2) is 9.97 Å². The molecule has 0 radical (unpaired) electrons. The molecule has 0 unspecified atom stereocenters. The van der Waals surface area contributed by atoms with Gasteiger partial charge in [-0.3, -0.25) is 0 Å². The van der Waals surface area contributed by atoms with Gasteiger partial charge in [-0.15, -0.1) is 0 Å². The number of hydrogen-bond acceptors (Lipinski definition) is 2. The number of rotatable bonds is 1. The van der Waals surface area contributed by atoms with Gasteiger partial charge in [0.15, 0.2) is 0 Å². The van der Waals surface area contributed by atoms with Crippen LogP contribution in [0, 0.1) is 0 Å². The largest absolute Gasteiger partial charge is 0.245 e. The van der Waals surface area contributed by atoms with Crippen molar-refractivity contribution in [1.29, 1.82) is 0 Å². The number of fused-ring (bicyclic) bond motifs is 3. The molecule has 4 rings (SSSR count). The lowest BCUT2D eigenvalue weighted by Crippen LogP contribution is -1.97. The van der Waals surface area contributed by atoms with Gasteiger partial charge in [-0.2, -0.15) is 0 Å². The maximum Gasteiger partial charge on any atom is 0.115 e. The quantitative estimate of drug-likeness (QED) is 0.723. The molecule has 2 bridgehead atoms. The number of hydrogen-bond donors (Lipinski definition) is 0. The van der Waals surface area contributed by atoms with Gasteiger partial charge in [0.2, 0.25) is 0 Å². The molecule has 80 valence electrons. The SMILES string of the molecule is C=Cc1ccncn1.c1cc2ccc1CC2. The first-order chi connectivity index (χ1) is 7.88. The van der Waals surface area contributed by atoms with E-state index in [4.69, 9.17) is 0 Å². The van der Waals surface area contributed by atoms with Crippen LogP contribution in [0.25, 0.3) is 6.08 Å². The molecule has 0 spiro atoms. The minimum atomic E-state index is 0.861. The third-order valence-electron chi connectivity index (χ3n) is 2.54. The molecule has 0 N–H and O–H groups in total. The number of aryl methyl sites for hydroxylation is 2. The maximum absolute atomic E-state index is 3.87. The Labute approximate surface area is 95.7 Å². The van der Waals surface area contributed by atoms with Crippen LogP contribution < -0.4 is 0 Å². The van der Waals surface area contributed by atoms with Crippen LogP contribution in [0.4, 0.5) is 0 Å². The van der Waals surface area contributed by atoms with Crippen molar-refractivity contribution in [3.63, 3.8) is 0 Å². The highest BCUT2D eigenvalue weighted by Gasteiger charge is 2.01. The summed E-state index contributed by atoms with van der Waals surface area (Å²) in [6.07, 6.45) is 7.40. The van der Waals surface area contributed by atoms with Crippen molar-refractivity contribution in [2.24, 2.45) is 0 Å². The van der Waals surface area contributed by atoms with E-state index < -0.39 is 0 Å². The lowest BCUT2D eigenvalue weighted by molar-refractivity contribution is 0.921. The van der Waals surface area contributed by atoms with Gasteiger partial charge >= 0.3 is 0 Å². The molecule has 0 fully saturated rings. The minimum Gasteiger partial charge on any atom is -0.245 e. The lowest BCUT2D eigenvalue weighted by atomic mass is 9.97. The topological polar surface area (TPSA) is 25.8 Å². The van der Waals surface area contributed by atoms with Crippen molar-refractivity contribution in [2.45, 2.75) is 12.8 Å². The highest BCUT2D eigenvalue weighted by Crippen LogP contribution is 2.14. The fourth-order valence-corrected chi connectivity index (χ4v) is 1.58. The van der Waals surface area contributed by atoms with Crippen LogP contribution in [0.2, 0.25) is 0 Å². The molecule has 0 aliphatic heterocycles. The van der Waals surface area contributed by atoms with Crippen molar-refractivity contribution >= 4 is 6.08 Å². The summed E-state index contributed by atoms with van der Waals surface area (Å²) in [5, 5.41) is 0. The molecule has 16 heavy (non-hydrogen) atoms. The smallest absolute Gasteiger partial charge is 0.115 e. The molecule has 2 aliphatic rings. The lowest BCUT2D eigenvalue weighted by Gasteiger charge is -2.09. The van der Waals surface area contributed by atoms with Gasteiger partial charge in [0, 0.05) is 6.20 Å². The minimum absolute atomic E-state index is 0.861. The molecular formula is C14H14N2. The standard InChI is InChI=1S/C8H8.C6H6N2/c1-2-8-5-3-7(1)4-6-8;1-2-6-3-4-7-5-8-6/h1-3,5H,4,6H2;2-5H,1H2. The fourth-order valence-electron chi connectivity index (χ4n) is 1.58. The van der Waals surface area contributed by atoms with E-state index >= 15 is 0 Å². The van der Waals surface area contributed by atoms with E-state index in [0.29, 0.717) is 0 Å². The second-order valence-corrected chi connectivity index (χ2v) is 3.65. The van der Waals surface area contributed by atoms with Gasteiger partial charge in [-0.25, -0.2) is 9.97 Å². The number of nitrogens with zero attached hydrogens (tertiary/aromatic N) is 2. The van der Waals surface area contributed by atoms with Crippen LogP contribution in [0.15, 0.2) is 49.4 Å². The normalized spacial score (nSPS) is 11.5. The summed E-state index contributed by atoms with van der Waals surface area (Å²) in [7, 11) is 0. The van der Waals surface area contributed by atoms with Crippen LogP contribution in [0.1, 0.15) is 16.8 Å². The van der Waals surface area contributed by atoms with Gasteiger partial charge < -0.3 is 0 Å². The Morgan fingerprint density at radius 1 is 1.00 bits per heavy atom. The zero-order valence-electron chi connectivity index (χ0n) is 9.13. The van der Waals surface area contributed by atoms with E-state index in [1.807, 2.05) is 0 Å². The van der Waals surface area contributed by atoms with E-state index in [0.717, 1.165) is 5.69 Å². The summed E-state index contributed by atoms with van der Waals surface area (Å²) >= 11 is 0. The van der Waals surface area contributed by atoms with Gasteiger partial charge in [-0.1, -0.05) is 30.8 Å². The Morgan fingerprint density at radius 2 is 1.62 bits per heavy atom. The number of aromatic nitrogens is 2. The summed E-state index contributed by atoms with van der Waals surface area (Å²) in [6.45, 7) is 3.54. The molecule has 1 aromatic heterocycles. The zero-order chi connectivity index (χ0) is 11.2. The third kappa shape index (κ3) is 2.76. The van der Waals surface area contributed by atoms with E-state index in [2.05, 4.69) is 40.8 Å². The van der Waals surface area contributed by atoms with Gasteiger partial charge in [-0.05, 0) is 36.1 Å². The van der Waals surface area contributed by atoms with Crippen molar-refractivity contribution in [2.75, 3.05) is 0 Å². The average molecular weight is 210 g/mol. The van der Waals surface area contributed by atoms with Crippen molar-refractivity contribution in [1.82, 2.24) is 9.97 Å². The van der Waals surface area contributed by atoms with Crippen LogP contribution in [-0.2, 0) is 12.8 Å². The second kappa shape index (κ2) is 5.21. The maximum atomic E-state index is 3.87. The molecule has 2 heteroatoms. The third-order valence-corrected chi connectivity index (χ3v) is 2.54.